The molecule has 2 aromatic rings. The van der Waals surface area contributed by atoms with Crippen LogP contribution in [-0.2, 0) is 0 Å². The zero-order valence-corrected chi connectivity index (χ0v) is 14.5. The predicted octanol–water partition coefficient (Wildman–Crippen LogP) is 3.41. The Labute approximate surface area is 147 Å². The van der Waals surface area contributed by atoms with Crippen molar-refractivity contribution in [2.45, 2.75) is 19.9 Å². The molecule has 0 aliphatic carbocycles. The number of amides is 1. The molecule has 0 aromatic heterocycles. The summed E-state index contributed by atoms with van der Waals surface area (Å²) in [5.41, 5.74) is 1.01. The summed E-state index contributed by atoms with van der Waals surface area (Å²) in [5.74, 6) is -0.430. The van der Waals surface area contributed by atoms with Gasteiger partial charge in [0.1, 0.15) is 5.56 Å². The van der Waals surface area contributed by atoms with E-state index in [0.29, 0.717) is 6.54 Å². The third-order valence-electron chi connectivity index (χ3n) is 4.24. The lowest BCUT2D eigenvalue weighted by molar-refractivity contribution is -0.385. The lowest BCUT2D eigenvalue weighted by Crippen LogP contribution is -2.38. The Morgan fingerprint density at radius 2 is 1.68 bits per heavy atom. The summed E-state index contributed by atoms with van der Waals surface area (Å²) in [4.78, 5) is 25.3. The molecular formula is C19H23N3O3. The van der Waals surface area contributed by atoms with Crippen LogP contribution in [0.4, 0.5) is 5.69 Å². The van der Waals surface area contributed by atoms with Gasteiger partial charge < -0.3 is 5.32 Å². The molecule has 0 saturated heterocycles. The lowest BCUT2D eigenvalue weighted by atomic mass is 10.0. The molecule has 1 N–H and O–H groups in total. The Morgan fingerprint density at radius 1 is 1.08 bits per heavy atom. The third kappa shape index (κ3) is 4.64. The van der Waals surface area contributed by atoms with E-state index in [0.717, 1.165) is 18.7 Å². The summed E-state index contributed by atoms with van der Waals surface area (Å²) < 4.78 is 0. The van der Waals surface area contributed by atoms with Crippen molar-refractivity contribution in [1.29, 1.82) is 0 Å². The number of likely N-dealkylation sites (N-methyl/N-ethyl adjacent to an activating group) is 1. The van der Waals surface area contributed by atoms with Crippen LogP contribution in [0.3, 0.4) is 0 Å². The zero-order chi connectivity index (χ0) is 18.2. The van der Waals surface area contributed by atoms with E-state index in [4.69, 9.17) is 0 Å². The van der Waals surface area contributed by atoms with Crippen LogP contribution in [0.15, 0.2) is 54.6 Å². The Kier molecular flexibility index (Phi) is 6.65. The van der Waals surface area contributed by atoms with Crippen LogP contribution in [0, 0.1) is 10.1 Å². The number of nitro groups is 1. The van der Waals surface area contributed by atoms with Crippen LogP contribution in [0.1, 0.15) is 35.8 Å². The monoisotopic (exact) mass is 341 g/mol. The van der Waals surface area contributed by atoms with Gasteiger partial charge in [-0.05, 0) is 24.7 Å². The number of para-hydroxylation sites is 1. The van der Waals surface area contributed by atoms with Gasteiger partial charge in [-0.1, -0.05) is 56.3 Å². The first-order valence-electron chi connectivity index (χ1n) is 8.39. The molecule has 25 heavy (non-hydrogen) atoms. The Hall–Kier alpha value is -2.73. The molecule has 6 nitrogen and oxygen atoms in total. The molecule has 0 saturated carbocycles. The second-order valence-electron chi connectivity index (χ2n) is 5.63. The standard InChI is InChI=1S/C19H23N3O3/c1-3-21(4-2)18(15-10-6-5-7-11-15)14-20-19(23)16-12-8-9-13-17(16)22(24)25/h5-13,18H,3-4,14H2,1-2H3,(H,20,23). The largest absolute Gasteiger partial charge is 0.350 e. The van der Waals surface area contributed by atoms with Gasteiger partial charge in [-0.25, -0.2) is 0 Å². The van der Waals surface area contributed by atoms with Gasteiger partial charge in [0.05, 0.1) is 11.0 Å². The first kappa shape index (κ1) is 18.6. The number of carbonyl (C=O) groups excluding carboxylic acids is 1. The van der Waals surface area contributed by atoms with Crippen LogP contribution >= 0.6 is 0 Å². The molecule has 0 bridgehead atoms. The summed E-state index contributed by atoms with van der Waals surface area (Å²) in [5, 5.41) is 14.0. The fourth-order valence-electron chi connectivity index (χ4n) is 2.91. The van der Waals surface area contributed by atoms with Crippen molar-refractivity contribution in [1.82, 2.24) is 10.2 Å². The molecule has 0 spiro atoms. The van der Waals surface area contributed by atoms with Crippen LogP contribution in [-0.4, -0.2) is 35.4 Å². The number of hydrogen-bond donors (Lipinski definition) is 1. The highest BCUT2D eigenvalue weighted by atomic mass is 16.6. The van der Waals surface area contributed by atoms with Gasteiger partial charge in [-0.2, -0.15) is 0 Å². The van der Waals surface area contributed by atoms with E-state index in [9.17, 15) is 14.9 Å². The topological polar surface area (TPSA) is 75.5 Å². The van der Waals surface area contributed by atoms with Crippen LogP contribution < -0.4 is 5.32 Å². The minimum absolute atomic E-state index is 0.0166. The first-order chi connectivity index (χ1) is 12.1. The van der Waals surface area contributed by atoms with Gasteiger partial charge in [0.25, 0.3) is 11.6 Å². The van der Waals surface area contributed by atoms with Gasteiger partial charge in [-0.3, -0.25) is 19.8 Å². The summed E-state index contributed by atoms with van der Waals surface area (Å²) >= 11 is 0. The first-order valence-corrected chi connectivity index (χ1v) is 8.39. The van der Waals surface area contributed by atoms with Crippen molar-refractivity contribution in [3.63, 3.8) is 0 Å². The second kappa shape index (κ2) is 8.94. The van der Waals surface area contributed by atoms with Gasteiger partial charge in [0, 0.05) is 12.6 Å². The average Bonchev–Trinajstić information content (AvgIpc) is 2.65. The third-order valence-corrected chi connectivity index (χ3v) is 4.24. The van der Waals surface area contributed by atoms with E-state index >= 15 is 0 Å². The maximum Gasteiger partial charge on any atom is 0.282 e. The lowest BCUT2D eigenvalue weighted by Gasteiger charge is -2.30. The molecular weight excluding hydrogens is 318 g/mol. The van der Waals surface area contributed by atoms with Crippen molar-refractivity contribution in [2.75, 3.05) is 19.6 Å². The molecule has 0 aliphatic rings. The highest BCUT2D eigenvalue weighted by Crippen LogP contribution is 2.21. The van der Waals surface area contributed by atoms with Crippen LogP contribution in [0.5, 0.6) is 0 Å². The van der Waals surface area contributed by atoms with Crippen molar-refractivity contribution in [3.05, 3.63) is 75.8 Å². The fraction of sp³-hybridized carbons (Fsp3) is 0.316. The number of nitrogens with one attached hydrogen (secondary N) is 1. The maximum atomic E-state index is 12.5. The van der Waals surface area contributed by atoms with Gasteiger partial charge >= 0.3 is 0 Å². The molecule has 0 aliphatic heterocycles. The van der Waals surface area contributed by atoms with Gasteiger partial charge in [0.15, 0.2) is 0 Å². The predicted molar refractivity (Wildman–Crippen MR) is 97.5 cm³/mol. The molecule has 2 aromatic carbocycles. The molecule has 132 valence electrons. The SMILES string of the molecule is CCN(CC)C(CNC(=O)c1ccccc1[N+](=O)[O-])c1ccccc1. The zero-order valence-electron chi connectivity index (χ0n) is 14.5. The Bertz CT molecular complexity index is 715. The minimum Gasteiger partial charge on any atom is -0.350 e. The molecule has 1 atom stereocenters. The van der Waals surface area contributed by atoms with Crippen LogP contribution in [0.25, 0.3) is 0 Å². The smallest absolute Gasteiger partial charge is 0.282 e. The number of nitrogens with zero attached hydrogens (tertiary/aromatic N) is 2. The summed E-state index contributed by atoms with van der Waals surface area (Å²) in [6.07, 6.45) is 0. The molecule has 1 unspecified atom stereocenters. The van der Waals surface area contributed by atoms with E-state index in [2.05, 4.69) is 24.1 Å². The van der Waals surface area contributed by atoms with Gasteiger partial charge in [-0.15, -0.1) is 0 Å². The Balaban J connectivity index is 2.18. The van der Waals surface area contributed by atoms with Crippen molar-refractivity contribution in [2.24, 2.45) is 0 Å². The number of hydrogen-bond acceptors (Lipinski definition) is 4. The second-order valence-corrected chi connectivity index (χ2v) is 5.63. The molecule has 0 radical (unpaired) electrons. The molecule has 1 amide bonds. The molecule has 6 heteroatoms. The van der Waals surface area contributed by atoms with E-state index < -0.39 is 10.8 Å². The van der Waals surface area contributed by atoms with Crippen molar-refractivity contribution >= 4 is 11.6 Å². The van der Waals surface area contributed by atoms with E-state index in [-0.39, 0.29) is 17.3 Å². The molecule has 0 heterocycles. The van der Waals surface area contributed by atoms with Crippen molar-refractivity contribution in [3.8, 4) is 0 Å². The molecule has 2 rings (SSSR count). The highest BCUT2D eigenvalue weighted by Gasteiger charge is 2.22. The van der Waals surface area contributed by atoms with E-state index in [1.165, 1.54) is 12.1 Å². The summed E-state index contributed by atoms with van der Waals surface area (Å²) in [7, 11) is 0. The number of rotatable bonds is 8. The van der Waals surface area contributed by atoms with Gasteiger partial charge in [0.2, 0.25) is 0 Å². The quantitative estimate of drug-likeness (QED) is 0.590. The summed E-state index contributed by atoms with van der Waals surface area (Å²) in [6, 6.07) is 16.0. The van der Waals surface area contributed by atoms with E-state index in [1.807, 2.05) is 30.3 Å². The minimum atomic E-state index is -0.534. The fourth-order valence-corrected chi connectivity index (χ4v) is 2.91. The maximum absolute atomic E-state index is 12.5. The Morgan fingerprint density at radius 3 is 2.28 bits per heavy atom. The number of nitro benzene ring substituents is 1. The van der Waals surface area contributed by atoms with Crippen LogP contribution in [0.2, 0.25) is 0 Å². The normalized spacial score (nSPS) is 12.0. The summed E-state index contributed by atoms with van der Waals surface area (Å²) in [6.45, 7) is 6.22. The van der Waals surface area contributed by atoms with E-state index in [1.54, 1.807) is 12.1 Å². The molecule has 0 fully saturated rings. The highest BCUT2D eigenvalue weighted by molar-refractivity contribution is 5.98. The average molecular weight is 341 g/mol. The number of carbonyl (C=O) groups is 1. The van der Waals surface area contributed by atoms with Crippen molar-refractivity contribution < 1.29 is 9.72 Å². The number of benzene rings is 2.